The topological polar surface area (TPSA) is 55.1 Å². The van der Waals surface area contributed by atoms with Gasteiger partial charge in [0.25, 0.3) is 0 Å². The van der Waals surface area contributed by atoms with Crippen LogP contribution < -0.4 is 5.32 Å². The zero-order chi connectivity index (χ0) is 17.8. The van der Waals surface area contributed by atoms with Gasteiger partial charge in [0.1, 0.15) is 5.76 Å². The highest BCUT2D eigenvalue weighted by Crippen LogP contribution is 2.25. The number of benzene rings is 2. The third kappa shape index (κ3) is 3.26. The van der Waals surface area contributed by atoms with Crippen LogP contribution in [0.25, 0.3) is 28.3 Å². The molecule has 1 amide bonds. The molecule has 2 aromatic heterocycles. The van der Waals surface area contributed by atoms with Crippen LogP contribution in [-0.4, -0.2) is 10.9 Å². The zero-order valence-corrected chi connectivity index (χ0v) is 13.9. The standard InChI is InChI=1S/C22H16N2O2/c25-22(24-20-13-14-23-19-9-4-3-8-18(19)20)12-11-16-6-1-2-7-17(16)21-10-5-15-26-21/h1-15H,(H,23,24,25)/b12-11+. The smallest absolute Gasteiger partial charge is 0.248 e. The first kappa shape index (κ1) is 15.8. The minimum Gasteiger partial charge on any atom is -0.464 e. The Morgan fingerprint density at radius 3 is 2.69 bits per heavy atom. The van der Waals surface area contributed by atoms with Gasteiger partial charge in [-0.1, -0.05) is 42.5 Å². The Hall–Kier alpha value is -3.66. The predicted molar refractivity (Wildman–Crippen MR) is 104 cm³/mol. The quantitative estimate of drug-likeness (QED) is 0.523. The molecular formula is C22H16N2O2. The maximum atomic E-state index is 12.4. The molecule has 0 bridgehead atoms. The Balaban J connectivity index is 1.57. The van der Waals surface area contributed by atoms with E-state index in [9.17, 15) is 4.79 Å². The number of nitrogens with zero attached hydrogens (tertiary/aromatic N) is 1. The number of rotatable bonds is 4. The van der Waals surface area contributed by atoms with Crippen LogP contribution in [0.4, 0.5) is 5.69 Å². The predicted octanol–water partition coefficient (Wildman–Crippen LogP) is 5.15. The molecule has 4 rings (SSSR count). The Morgan fingerprint density at radius 1 is 0.962 bits per heavy atom. The van der Waals surface area contributed by atoms with Crippen molar-refractivity contribution in [3.05, 3.63) is 90.8 Å². The average molecular weight is 340 g/mol. The van der Waals surface area contributed by atoms with Crippen molar-refractivity contribution in [3.8, 4) is 11.3 Å². The molecule has 0 saturated carbocycles. The molecular weight excluding hydrogens is 324 g/mol. The number of nitrogens with one attached hydrogen (secondary N) is 1. The van der Waals surface area contributed by atoms with Crippen LogP contribution in [0.1, 0.15) is 5.56 Å². The van der Waals surface area contributed by atoms with Crippen molar-refractivity contribution < 1.29 is 9.21 Å². The lowest BCUT2D eigenvalue weighted by Gasteiger charge is -2.06. The number of carbonyl (C=O) groups excluding carboxylic acids is 1. The van der Waals surface area contributed by atoms with E-state index < -0.39 is 0 Å². The Kier molecular flexibility index (Phi) is 4.31. The van der Waals surface area contributed by atoms with Gasteiger partial charge in [-0.05, 0) is 35.9 Å². The first-order chi connectivity index (χ1) is 12.8. The molecule has 2 heterocycles. The van der Waals surface area contributed by atoms with Gasteiger partial charge < -0.3 is 9.73 Å². The Bertz CT molecular complexity index is 1080. The number of aromatic nitrogens is 1. The normalized spacial score (nSPS) is 11.1. The second kappa shape index (κ2) is 7.07. The van der Waals surface area contributed by atoms with Gasteiger partial charge in [0.15, 0.2) is 0 Å². The summed E-state index contributed by atoms with van der Waals surface area (Å²) < 4.78 is 5.47. The molecule has 2 aromatic carbocycles. The summed E-state index contributed by atoms with van der Waals surface area (Å²) >= 11 is 0. The van der Waals surface area contributed by atoms with Gasteiger partial charge in [-0.25, -0.2) is 0 Å². The zero-order valence-electron chi connectivity index (χ0n) is 13.9. The van der Waals surface area contributed by atoms with Crippen LogP contribution in [0.3, 0.4) is 0 Å². The minimum absolute atomic E-state index is 0.199. The Morgan fingerprint density at radius 2 is 1.81 bits per heavy atom. The lowest BCUT2D eigenvalue weighted by molar-refractivity contribution is -0.111. The lowest BCUT2D eigenvalue weighted by atomic mass is 10.0. The van der Waals surface area contributed by atoms with Crippen LogP contribution in [0.15, 0.2) is 89.7 Å². The molecule has 4 aromatic rings. The van der Waals surface area contributed by atoms with Gasteiger partial charge in [-0.15, -0.1) is 0 Å². The van der Waals surface area contributed by atoms with E-state index in [1.807, 2.05) is 60.7 Å². The molecule has 4 nitrogen and oxygen atoms in total. The molecule has 4 heteroatoms. The third-order valence-corrected chi connectivity index (χ3v) is 4.07. The second-order valence-corrected chi connectivity index (χ2v) is 5.76. The molecule has 0 aliphatic carbocycles. The highest BCUT2D eigenvalue weighted by atomic mass is 16.3. The van der Waals surface area contributed by atoms with E-state index in [4.69, 9.17) is 4.42 Å². The summed E-state index contributed by atoms with van der Waals surface area (Å²) in [6, 6.07) is 21.0. The van der Waals surface area contributed by atoms with E-state index in [1.54, 1.807) is 24.6 Å². The molecule has 0 saturated heterocycles. The fraction of sp³-hybridized carbons (Fsp3) is 0. The summed E-state index contributed by atoms with van der Waals surface area (Å²) in [6.45, 7) is 0. The molecule has 26 heavy (non-hydrogen) atoms. The van der Waals surface area contributed by atoms with Crippen molar-refractivity contribution in [3.63, 3.8) is 0 Å². The van der Waals surface area contributed by atoms with Crippen molar-refractivity contribution in [2.24, 2.45) is 0 Å². The fourth-order valence-electron chi connectivity index (χ4n) is 2.84. The summed E-state index contributed by atoms with van der Waals surface area (Å²) in [7, 11) is 0. The number of hydrogen-bond acceptors (Lipinski definition) is 3. The number of hydrogen-bond donors (Lipinski definition) is 1. The van der Waals surface area contributed by atoms with E-state index in [1.165, 1.54) is 6.08 Å². The van der Waals surface area contributed by atoms with E-state index in [2.05, 4.69) is 10.3 Å². The van der Waals surface area contributed by atoms with Crippen molar-refractivity contribution in [1.82, 2.24) is 4.98 Å². The van der Waals surface area contributed by atoms with Gasteiger partial charge in [0.05, 0.1) is 17.5 Å². The van der Waals surface area contributed by atoms with Gasteiger partial charge in [0.2, 0.25) is 5.91 Å². The summed E-state index contributed by atoms with van der Waals surface area (Å²) in [5, 5.41) is 3.83. The highest BCUT2D eigenvalue weighted by Gasteiger charge is 2.06. The average Bonchev–Trinajstić information content (AvgIpc) is 3.21. The van der Waals surface area contributed by atoms with Crippen LogP contribution >= 0.6 is 0 Å². The summed E-state index contributed by atoms with van der Waals surface area (Å²) in [5.74, 6) is 0.571. The van der Waals surface area contributed by atoms with E-state index in [0.717, 1.165) is 33.5 Å². The van der Waals surface area contributed by atoms with Crippen LogP contribution in [0, 0.1) is 0 Å². The van der Waals surface area contributed by atoms with Crippen LogP contribution in [0.2, 0.25) is 0 Å². The Labute approximate surface area is 150 Å². The molecule has 0 radical (unpaired) electrons. The van der Waals surface area contributed by atoms with Crippen molar-refractivity contribution in [2.45, 2.75) is 0 Å². The number of carbonyl (C=O) groups is 1. The third-order valence-electron chi connectivity index (χ3n) is 4.07. The van der Waals surface area contributed by atoms with Crippen molar-refractivity contribution in [2.75, 3.05) is 5.32 Å². The second-order valence-electron chi connectivity index (χ2n) is 5.76. The monoisotopic (exact) mass is 340 g/mol. The number of pyridine rings is 1. The number of furan rings is 1. The van der Waals surface area contributed by atoms with Crippen LogP contribution in [-0.2, 0) is 4.79 Å². The summed E-state index contributed by atoms with van der Waals surface area (Å²) in [4.78, 5) is 16.7. The lowest BCUT2D eigenvalue weighted by Crippen LogP contribution is -2.08. The SMILES string of the molecule is O=C(/C=C/c1ccccc1-c1ccco1)Nc1ccnc2ccccc12. The largest absolute Gasteiger partial charge is 0.464 e. The van der Waals surface area contributed by atoms with Gasteiger partial charge in [0, 0.05) is 23.2 Å². The van der Waals surface area contributed by atoms with Gasteiger partial charge >= 0.3 is 0 Å². The molecule has 0 unspecified atom stereocenters. The van der Waals surface area contributed by atoms with E-state index in [-0.39, 0.29) is 5.91 Å². The maximum Gasteiger partial charge on any atom is 0.248 e. The maximum absolute atomic E-state index is 12.4. The van der Waals surface area contributed by atoms with Crippen molar-refractivity contribution >= 4 is 28.6 Å². The molecule has 0 spiro atoms. The highest BCUT2D eigenvalue weighted by molar-refractivity contribution is 6.07. The molecule has 0 fully saturated rings. The fourth-order valence-corrected chi connectivity index (χ4v) is 2.84. The number of para-hydroxylation sites is 1. The summed E-state index contributed by atoms with van der Waals surface area (Å²) in [6.07, 6.45) is 6.64. The van der Waals surface area contributed by atoms with Crippen LogP contribution in [0.5, 0.6) is 0 Å². The van der Waals surface area contributed by atoms with Crippen molar-refractivity contribution in [1.29, 1.82) is 0 Å². The summed E-state index contributed by atoms with van der Waals surface area (Å²) in [5.41, 5.74) is 3.44. The minimum atomic E-state index is -0.199. The molecule has 0 atom stereocenters. The van der Waals surface area contributed by atoms with E-state index in [0.29, 0.717) is 0 Å². The number of amides is 1. The molecule has 0 aliphatic rings. The first-order valence-corrected chi connectivity index (χ1v) is 8.27. The number of anilines is 1. The number of fused-ring (bicyclic) bond motifs is 1. The van der Waals surface area contributed by atoms with Gasteiger partial charge in [-0.3, -0.25) is 9.78 Å². The molecule has 0 aliphatic heterocycles. The van der Waals surface area contributed by atoms with Gasteiger partial charge in [-0.2, -0.15) is 0 Å². The first-order valence-electron chi connectivity index (χ1n) is 8.27. The molecule has 1 N–H and O–H groups in total. The van der Waals surface area contributed by atoms with E-state index >= 15 is 0 Å². The molecule has 126 valence electrons.